The maximum atomic E-state index is 12.6. The first-order chi connectivity index (χ1) is 11.6. The molecule has 0 unspecified atom stereocenters. The van der Waals surface area contributed by atoms with Gasteiger partial charge >= 0.3 is 0 Å². The number of carbonyl (C=O) groups excluding carboxylic acids is 1. The predicted molar refractivity (Wildman–Crippen MR) is 95.6 cm³/mol. The van der Waals surface area contributed by atoms with Crippen LogP contribution in [0.5, 0.6) is 0 Å². The molecule has 128 valence electrons. The topological polar surface area (TPSA) is 66.1 Å². The van der Waals surface area contributed by atoms with Gasteiger partial charge in [-0.2, -0.15) is 0 Å². The number of nitrogens with one attached hydrogen (secondary N) is 1. The number of hydrogen-bond donors (Lipinski definition) is 1. The highest BCUT2D eigenvalue weighted by Gasteiger charge is 2.34. The maximum Gasteiger partial charge on any atom is 0.259 e. The Labute approximate surface area is 145 Å². The second kappa shape index (κ2) is 5.99. The highest BCUT2D eigenvalue weighted by Crippen LogP contribution is 2.33. The number of aromatic nitrogens is 2. The highest BCUT2D eigenvalue weighted by molar-refractivity contribution is 7.18. The van der Waals surface area contributed by atoms with Crippen LogP contribution >= 0.6 is 11.3 Å². The summed E-state index contributed by atoms with van der Waals surface area (Å²) in [5.41, 5.74) is 1.05. The minimum absolute atomic E-state index is 0.0159. The van der Waals surface area contributed by atoms with Gasteiger partial charge in [0.15, 0.2) is 0 Å². The Hall–Kier alpha value is -1.69. The number of carbonyl (C=O) groups is 1. The van der Waals surface area contributed by atoms with Gasteiger partial charge < -0.3 is 9.88 Å². The van der Waals surface area contributed by atoms with E-state index in [9.17, 15) is 9.59 Å². The van der Waals surface area contributed by atoms with E-state index in [-0.39, 0.29) is 17.4 Å². The second-order valence-electron chi connectivity index (χ2n) is 7.12. The van der Waals surface area contributed by atoms with E-state index in [0.29, 0.717) is 24.7 Å². The molecule has 1 saturated carbocycles. The number of likely N-dealkylation sites (tertiary alicyclic amines) is 1. The van der Waals surface area contributed by atoms with Gasteiger partial charge in [-0.3, -0.25) is 9.59 Å². The van der Waals surface area contributed by atoms with Crippen molar-refractivity contribution < 1.29 is 4.79 Å². The van der Waals surface area contributed by atoms with E-state index in [1.54, 1.807) is 11.3 Å². The summed E-state index contributed by atoms with van der Waals surface area (Å²) in [7, 11) is 0. The number of rotatable bonds is 4. The van der Waals surface area contributed by atoms with Crippen LogP contribution < -0.4 is 5.56 Å². The molecule has 0 spiro atoms. The fraction of sp³-hybridized carbons (Fsp3) is 0.611. The molecule has 1 saturated heterocycles. The molecule has 1 amide bonds. The van der Waals surface area contributed by atoms with Crippen molar-refractivity contribution in [1.29, 1.82) is 0 Å². The molecule has 0 radical (unpaired) electrons. The van der Waals surface area contributed by atoms with E-state index in [4.69, 9.17) is 4.98 Å². The molecule has 5 nitrogen and oxygen atoms in total. The first-order valence-electron chi connectivity index (χ1n) is 8.86. The third kappa shape index (κ3) is 2.57. The zero-order valence-corrected chi connectivity index (χ0v) is 15.0. The number of thiophene rings is 1. The van der Waals surface area contributed by atoms with Crippen LogP contribution in [0.2, 0.25) is 0 Å². The number of aryl methyl sites for hydroxylation is 2. The summed E-state index contributed by atoms with van der Waals surface area (Å²) in [5, 5.41) is 0.736. The molecule has 2 aliphatic rings. The molecular weight excluding hydrogens is 322 g/mol. The van der Waals surface area contributed by atoms with Gasteiger partial charge in [0.1, 0.15) is 10.7 Å². The van der Waals surface area contributed by atoms with Crippen LogP contribution in [0.15, 0.2) is 4.79 Å². The predicted octanol–water partition coefficient (Wildman–Crippen LogP) is 2.97. The summed E-state index contributed by atoms with van der Waals surface area (Å²) in [6.45, 7) is 5.67. The molecule has 3 heterocycles. The molecule has 1 aliphatic carbocycles. The molecule has 1 aliphatic heterocycles. The summed E-state index contributed by atoms with van der Waals surface area (Å²) >= 11 is 1.59. The van der Waals surface area contributed by atoms with Gasteiger partial charge in [0.05, 0.1) is 5.39 Å². The number of H-pyrrole nitrogens is 1. The van der Waals surface area contributed by atoms with Crippen molar-refractivity contribution in [2.75, 3.05) is 13.1 Å². The van der Waals surface area contributed by atoms with Crippen molar-refractivity contribution in [1.82, 2.24) is 14.9 Å². The van der Waals surface area contributed by atoms with Gasteiger partial charge in [0, 0.05) is 30.3 Å². The Morgan fingerprint density at radius 1 is 1.33 bits per heavy atom. The van der Waals surface area contributed by atoms with Crippen molar-refractivity contribution >= 4 is 27.5 Å². The number of hydrogen-bond acceptors (Lipinski definition) is 4. The number of amides is 1. The van der Waals surface area contributed by atoms with Crippen LogP contribution in [0.25, 0.3) is 10.2 Å². The van der Waals surface area contributed by atoms with Gasteiger partial charge in [-0.1, -0.05) is 13.3 Å². The smallest absolute Gasteiger partial charge is 0.259 e. The van der Waals surface area contributed by atoms with Crippen LogP contribution in [-0.4, -0.2) is 33.9 Å². The van der Waals surface area contributed by atoms with Crippen LogP contribution in [0, 0.1) is 12.8 Å². The Morgan fingerprint density at radius 2 is 2.12 bits per heavy atom. The van der Waals surface area contributed by atoms with Crippen LogP contribution in [0.1, 0.15) is 54.8 Å². The lowest BCUT2D eigenvalue weighted by atomic mass is 9.85. The van der Waals surface area contributed by atoms with Gasteiger partial charge in [-0.15, -0.1) is 11.3 Å². The largest absolute Gasteiger partial charge is 0.342 e. The van der Waals surface area contributed by atoms with Crippen LogP contribution in [0.4, 0.5) is 0 Å². The van der Waals surface area contributed by atoms with Crippen LogP contribution in [-0.2, 0) is 11.2 Å². The Balaban J connectivity index is 1.62. The van der Waals surface area contributed by atoms with Crippen molar-refractivity contribution in [2.45, 2.75) is 51.9 Å². The minimum atomic E-state index is -0.0545. The average Bonchev–Trinajstić information content (AvgIpc) is 3.02. The van der Waals surface area contributed by atoms with Gasteiger partial charge in [-0.25, -0.2) is 4.98 Å². The van der Waals surface area contributed by atoms with Gasteiger partial charge in [-0.05, 0) is 37.7 Å². The highest BCUT2D eigenvalue weighted by atomic mass is 32.1. The molecule has 2 aromatic heterocycles. The normalized spacial score (nSPS) is 21.7. The molecule has 2 fully saturated rings. The first-order valence-corrected chi connectivity index (χ1v) is 9.68. The zero-order valence-electron chi connectivity index (χ0n) is 14.2. The third-order valence-corrected chi connectivity index (χ3v) is 6.58. The van der Waals surface area contributed by atoms with E-state index in [1.807, 2.05) is 11.8 Å². The summed E-state index contributed by atoms with van der Waals surface area (Å²) in [5.74, 6) is 1.57. The quantitative estimate of drug-likeness (QED) is 0.926. The molecule has 24 heavy (non-hydrogen) atoms. The molecule has 2 aromatic rings. The van der Waals surface area contributed by atoms with Crippen LogP contribution in [0.3, 0.4) is 0 Å². The standard InChI is InChI=1S/C18H23N3O2S/c1-3-13-10(2)24-18-15(13)17(23)19-16(20-18)12-7-14(22)21(9-12)8-11-5-4-6-11/h11-12H,3-9H2,1-2H3,(H,19,20,23)/t12-/m1/s1. The van der Waals surface area contributed by atoms with E-state index in [1.165, 1.54) is 19.3 Å². The molecular formula is C18H23N3O2S. The molecule has 1 atom stereocenters. The van der Waals surface area contributed by atoms with E-state index in [0.717, 1.165) is 33.6 Å². The Bertz CT molecular complexity index is 850. The third-order valence-electron chi connectivity index (χ3n) is 5.54. The first kappa shape index (κ1) is 15.8. The van der Waals surface area contributed by atoms with Crippen molar-refractivity contribution in [2.24, 2.45) is 5.92 Å². The van der Waals surface area contributed by atoms with Crippen molar-refractivity contribution in [3.63, 3.8) is 0 Å². The summed E-state index contributed by atoms with van der Waals surface area (Å²) in [6.07, 6.45) is 5.08. The van der Waals surface area contributed by atoms with Crippen molar-refractivity contribution in [3.8, 4) is 0 Å². The fourth-order valence-electron chi connectivity index (χ4n) is 3.93. The lowest BCUT2D eigenvalue weighted by molar-refractivity contribution is -0.128. The average molecular weight is 345 g/mol. The Morgan fingerprint density at radius 3 is 2.79 bits per heavy atom. The van der Waals surface area contributed by atoms with E-state index < -0.39 is 0 Å². The van der Waals surface area contributed by atoms with Gasteiger partial charge in [0.25, 0.3) is 5.56 Å². The lowest BCUT2D eigenvalue weighted by Crippen LogP contribution is -2.33. The van der Waals surface area contributed by atoms with E-state index >= 15 is 0 Å². The lowest BCUT2D eigenvalue weighted by Gasteiger charge is -2.30. The molecule has 4 rings (SSSR count). The SMILES string of the molecule is CCc1c(C)sc2nc([C@@H]3CC(=O)N(CC4CCC4)C3)[nH]c(=O)c12. The van der Waals surface area contributed by atoms with Crippen molar-refractivity contribution in [3.05, 3.63) is 26.6 Å². The Kier molecular flexibility index (Phi) is 3.95. The van der Waals surface area contributed by atoms with E-state index in [2.05, 4.69) is 11.9 Å². The van der Waals surface area contributed by atoms with Gasteiger partial charge in [0.2, 0.25) is 5.91 Å². The number of fused-ring (bicyclic) bond motifs is 1. The molecule has 1 N–H and O–H groups in total. The maximum absolute atomic E-state index is 12.6. The minimum Gasteiger partial charge on any atom is -0.342 e. The zero-order chi connectivity index (χ0) is 16.8. The summed E-state index contributed by atoms with van der Waals surface area (Å²) in [4.78, 5) is 36.5. The monoisotopic (exact) mass is 345 g/mol. The molecule has 0 bridgehead atoms. The molecule has 0 aromatic carbocycles. The number of nitrogens with zero attached hydrogens (tertiary/aromatic N) is 2. The fourth-order valence-corrected chi connectivity index (χ4v) is 5.05. The molecule has 6 heteroatoms. The second-order valence-corrected chi connectivity index (χ2v) is 8.32. The summed E-state index contributed by atoms with van der Waals surface area (Å²) in [6, 6.07) is 0. The summed E-state index contributed by atoms with van der Waals surface area (Å²) < 4.78 is 0. The number of aromatic amines is 1.